The van der Waals surface area contributed by atoms with Gasteiger partial charge in [0.2, 0.25) is 12.5 Å². The second-order valence-electron chi connectivity index (χ2n) is 11.9. The lowest BCUT2D eigenvalue weighted by Gasteiger charge is -2.40. The third kappa shape index (κ3) is 5.84. The summed E-state index contributed by atoms with van der Waals surface area (Å²) >= 11 is 0. The molecule has 2 saturated heterocycles. The van der Waals surface area contributed by atoms with E-state index < -0.39 is 12.0 Å². The summed E-state index contributed by atoms with van der Waals surface area (Å²) < 4.78 is 40.6. The van der Waals surface area contributed by atoms with Gasteiger partial charge in [-0.05, 0) is 41.9 Å². The average Bonchev–Trinajstić information content (AvgIpc) is 3.29. The summed E-state index contributed by atoms with van der Waals surface area (Å²) in [6.45, 7) is 14.6. The third-order valence-electron chi connectivity index (χ3n) is 8.94. The second-order valence-corrected chi connectivity index (χ2v) is 11.9. The molecule has 6 rings (SSSR count). The molecule has 0 aliphatic carbocycles. The van der Waals surface area contributed by atoms with Crippen LogP contribution < -0.4 is 9.64 Å². The zero-order chi connectivity index (χ0) is 31.0. The number of anilines is 1. The van der Waals surface area contributed by atoms with Crippen LogP contribution in [0.2, 0.25) is 0 Å². The first-order valence-corrected chi connectivity index (χ1v) is 14.9. The highest BCUT2D eigenvalue weighted by Gasteiger charge is 2.43. The molecule has 1 amide bonds. The number of alkyl halides is 2. The van der Waals surface area contributed by atoms with Crippen molar-refractivity contribution in [3.8, 4) is 6.01 Å². The van der Waals surface area contributed by atoms with Gasteiger partial charge in [0, 0.05) is 44.1 Å². The number of hydrogen-bond acceptors (Lipinski definition) is 7. The molecule has 3 aliphatic heterocycles. The van der Waals surface area contributed by atoms with Crippen LogP contribution in [0.3, 0.4) is 0 Å². The quantitative estimate of drug-likeness (QED) is 0.289. The Bertz CT molecular complexity index is 1620. The van der Waals surface area contributed by atoms with Crippen molar-refractivity contribution >= 4 is 22.5 Å². The molecule has 44 heavy (non-hydrogen) atoms. The van der Waals surface area contributed by atoms with Crippen LogP contribution in [0, 0.1) is 13.5 Å². The molecular weight excluding hydrogens is 566 g/mol. The van der Waals surface area contributed by atoms with Crippen LogP contribution in [-0.4, -0.2) is 90.1 Å². The Morgan fingerprint density at radius 3 is 2.75 bits per heavy atom. The molecule has 11 heteroatoms. The number of rotatable bonds is 7. The van der Waals surface area contributed by atoms with Gasteiger partial charge < -0.3 is 24.1 Å². The summed E-state index contributed by atoms with van der Waals surface area (Å²) in [7, 11) is 1.67. The van der Waals surface area contributed by atoms with Gasteiger partial charge in [-0.25, -0.2) is 15.4 Å². The van der Waals surface area contributed by atoms with E-state index in [0.717, 1.165) is 33.2 Å². The number of aryl methyl sites for hydroxylation is 1. The predicted octanol–water partition coefficient (Wildman–Crippen LogP) is 4.59. The summed E-state index contributed by atoms with van der Waals surface area (Å²) in [6, 6.07) is 11.8. The van der Waals surface area contributed by atoms with Crippen molar-refractivity contribution in [1.29, 1.82) is 0 Å². The van der Waals surface area contributed by atoms with Gasteiger partial charge in [0.1, 0.15) is 18.5 Å². The van der Waals surface area contributed by atoms with Crippen molar-refractivity contribution in [3.05, 3.63) is 82.9 Å². The van der Waals surface area contributed by atoms with Crippen LogP contribution in [0.4, 0.5) is 14.6 Å². The number of hydrogen-bond donors (Lipinski definition) is 0. The molecule has 230 valence electrons. The highest BCUT2D eigenvalue weighted by molar-refractivity contribution is 5.89. The predicted molar refractivity (Wildman–Crippen MR) is 163 cm³/mol. The number of carbonyl (C=O) groups excluding carboxylic acids is 1. The molecule has 3 aromatic rings. The zero-order valence-electron chi connectivity index (χ0n) is 25.0. The Hall–Kier alpha value is -4.14. The minimum absolute atomic E-state index is 0.0364. The van der Waals surface area contributed by atoms with Crippen molar-refractivity contribution in [1.82, 2.24) is 19.8 Å². The summed E-state index contributed by atoms with van der Waals surface area (Å²) in [6.07, 6.45) is 1.23. The van der Waals surface area contributed by atoms with Crippen LogP contribution in [0.15, 0.2) is 49.1 Å². The number of benzene rings is 2. The van der Waals surface area contributed by atoms with Crippen molar-refractivity contribution in [2.45, 2.75) is 50.5 Å². The molecule has 1 aromatic heterocycles. The molecule has 0 radical (unpaired) electrons. The van der Waals surface area contributed by atoms with E-state index in [0.29, 0.717) is 31.9 Å². The second kappa shape index (κ2) is 12.1. The van der Waals surface area contributed by atoms with Crippen LogP contribution in [0.5, 0.6) is 6.01 Å². The van der Waals surface area contributed by atoms with Gasteiger partial charge in [0.05, 0.1) is 24.9 Å². The number of fused-ring (bicyclic) bond motifs is 2. The van der Waals surface area contributed by atoms with E-state index in [2.05, 4.69) is 47.5 Å². The van der Waals surface area contributed by atoms with Crippen molar-refractivity contribution in [2.75, 3.05) is 51.3 Å². The molecule has 3 atom stereocenters. The minimum Gasteiger partial charge on any atom is -0.462 e. The molecule has 2 fully saturated rings. The zero-order valence-corrected chi connectivity index (χ0v) is 25.0. The third-order valence-corrected chi connectivity index (χ3v) is 8.94. The highest BCUT2D eigenvalue weighted by Crippen LogP contribution is 2.39. The van der Waals surface area contributed by atoms with E-state index in [9.17, 15) is 13.6 Å². The van der Waals surface area contributed by atoms with E-state index in [-0.39, 0.29) is 56.8 Å². The minimum atomic E-state index is -2.76. The van der Waals surface area contributed by atoms with Crippen molar-refractivity contribution < 1.29 is 23.0 Å². The topological polar surface area (TPSA) is 75.4 Å². The molecule has 0 N–H and O–H groups in total. The number of aromatic nitrogens is 2. The SMILES string of the molecule is [C-]#[N+]C[C@H]1CN(c2nc(OC[C@@H]3CC(F)(F)CN3C)nc3c2COC(c2cccc4cccc(C)c24)C3)CCN1C(=O)C=C. The Balaban J connectivity index is 1.34. The Morgan fingerprint density at radius 2 is 2.02 bits per heavy atom. The van der Waals surface area contributed by atoms with Gasteiger partial charge in [0.25, 0.3) is 5.92 Å². The lowest BCUT2D eigenvalue weighted by Crippen LogP contribution is -2.56. The Kier molecular flexibility index (Phi) is 8.22. The maximum atomic E-state index is 14.1. The monoisotopic (exact) mass is 602 g/mol. The molecule has 4 heterocycles. The first-order valence-electron chi connectivity index (χ1n) is 14.9. The lowest BCUT2D eigenvalue weighted by molar-refractivity contribution is -0.128. The standard InChI is InChI=1S/C33H36F2N6O3/c1-5-29(42)41-13-12-40(17-24(41)16-36-3)31-26-19-43-28(25-11-7-10-22-9-6-8-21(2)30(22)25)14-27(26)37-32(38-31)44-18-23-15-33(34,35)20-39(23)4/h5-11,23-24,28H,1,12-20H2,2,4H3/t23-,24-,28?/m0/s1. The van der Waals surface area contributed by atoms with Gasteiger partial charge in [-0.3, -0.25) is 9.69 Å². The molecular formula is C33H36F2N6O3. The fourth-order valence-corrected chi connectivity index (χ4v) is 6.72. The Labute approximate surface area is 255 Å². The largest absolute Gasteiger partial charge is 0.462 e. The number of halogens is 2. The van der Waals surface area contributed by atoms with Gasteiger partial charge in [-0.2, -0.15) is 9.97 Å². The van der Waals surface area contributed by atoms with Crippen LogP contribution in [-0.2, 0) is 22.6 Å². The lowest BCUT2D eigenvalue weighted by atomic mass is 9.92. The fourth-order valence-electron chi connectivity index (χ4n) is 6.72. The van der Waals surface area contributed by atoms with E-state index in [1.54, 1.807) is 16.8 Å². The van der Waals surface area contributed by atoms with E-state index >= 15 is 0 Å². The van der Waals surface area contributed by atoms with Crippen LogP contribution in [0.1, 0.15) is 34.9 Å². The average molecular weight is 603 g/mol. The molecule has 0 spiro atoms. The van der Waals surface area contributed by atoms with Gasteiger partial charge in [0.15, 0.2) is 0 Å². The molecule has 1 unspecified atom stereocenters. The maximum absolute atomic E-state index is 14.1. The number of likely N-dealkylation sites (tertiary alicyclic amines) is 1. The fraction of sp³-hybridized carbons (Fsp3) is 0.455. The Morgan fingerprint density at radius 1 is 1.23 bits per heavy atom. The summed E-state index contributed by atoms with van der Waals surface area (Å²) in [5, 5.41) is 2.30. The number of ether oxygens (including phenoxy) is 2. The molecule has 0 saturated carbocycles. The summed E-state index contributed by atoms with van der Waals surface area (Å²) in [5.74, 6) is -2.34. The van der Waals surface area contributed by atoms with Crippen LogP contribution in [0.25, 0.3) is 15.6 Å². The van der Waals surface area contributed by atoms with E-state index in [4.69, 9.17) is 26.0 Å². The molecule has 3 aliphatic rings. The molecule has 9 nitrogen and oxygen atoms in total. The number of carbonyl (C=O) groups is 1. The normalized spacial score (nSPS) is 23.3. The molecule has 2 aromatic carbocycles. The number of nitrogens with zero attached hydrogens (tertiary/aromatic N) is 6. The smallest absolute Gasteiger partial charge is 0.318 e. The maximum Gasteiger partial charge on any atom is 0.318 e. The van der Waals surface area contributed by atoms with E-state index in [1.165, 1.54) is 6.08 Å². The first kappa shape index (κ1) is 29.9. The number of amides is 1. The van der Waals surface area contributed by atoms with Crippen molar-refractivity contribution in [3.63, 3.8) is 0 Å². The number of likely N-dealkylation sites (N-methyl/N-ethyl adjacent to an activating group) is 1. The molecule has 0 bridgehead atoms. The van der Waals surface area contributed by atoms with Gasteiger partial charge in [-0.15, -0.1) is 0 Å². The van der Waals surface area contributed by atoms with Crippen LogP contribution >= 0.6 is 0 Å². The summed E-state index contributed by atoms with van der Waals surface area (Å²) in [4.78, 5) is 31.0. The highest BCUT2D eigenvalue weighted by atomic mass is 19.3. The van der Waals surface area contributed by atoms with Gasteiger partial charge >= 0.3 is 6.01 Å². The summed E-state index contributed by atoms with van der Waals surface area (Å²) in [5.41, 5.74) is 3.86. The first-order chi connectivity index (χ1) is 21.2. The van der Waals surface area contributed by atoms with Crippen molar-refractivity contribution in [2.24, 2.45) is 0 Å². The number of piperazine rings is 1. The van der Waals surface area contributed by atoms with E-state index in [1.807, 2.05) is 12.1 Å². The van der Waals surface area contributed by atoms with Gasteiger partial charge in [-0.1, -0.05) is 43.0 Å².